The number of benzene rings is 1. The summed E-state index contributed by atoms with van der Waals surface area (Å²) >= 11 is 0. The van der Waals surface area contributed by atoms with E-state index in [2.05, 4.69) is 16.8 Å². The van der Waals surface area contributed by atoms with Crippen LogP contribution in [0.25, 0.3) is 0 Å². The highest BCUT2D eigenvalue weighted by molar-refractivity contribution is 5.24. The molecule has 0 saturated carbocycles. The lowest BCUT2D eigenvalue weighted by Gasteiger charge is -2.41. The van der Waals surface area contributed by atoms with Crippen molar-refractivity contribution in [2.24, 2.45) is 0 Å². The lowest BCUT2D eigenvalue weighted by molar-refractivity contribution is 0.0110. The maximum atomic E-state index is 13.5. The van der Waals surface area contributed by atoms with Crippen molar-refractivity contribution in [3.63, 3.8) is 0 Å². The van der Waals surface area contributed by atoms with Crippen molar-refractivity contribution in [1.82, 2.24) is 9.80 Å². The molecule has 3 rings (SSSR count). The van der Waals surface area contributed by atoms with Crippen LogP contribution in [0.5, 0.6) is 5.75 Å². The van der Waals surface area contributed by atoms with Crippen molar-refractivity contribution >= 4 is 0 Å². The fraction of sp³-hybridized carbons (Fsp3) is 0.647. The monoisotopic (exact) mass is 292 g/mol. The number of para-hydroxylation sites is 1. The van der Waals surface area contributed by atoms with Crippen molar-refractivity contribution in [1.29, 1.82) is 0 Å². The normalized spacial score (nSPS) is 24.8. The summed E-state index contributed by atoms with van der Waals surface area (Å²) in [6.07, 6.45) is 5.43. The molecule has 3 nitrogen and oxygen atoms in total. The predicted octanol–water partition coefficient (Wildman–Crippen LogP) is 2.76. The Morgan fingerprint density at radius 2 is 2.05 bits per heavy atom. The third-order valence-corrected chi connectivity index (χ3v) is 4.75. The Bertz CT molecular complexity index is 462. The molecule has 2 fully saturated rings. The van der Waals surface area contributed by atoms with Crippen LogP contribution in [0.4, 0.5) is 4.39 Å². The molecule has 1 atom stereocenters. The molecule has 0 amide bonds. The summed E-state index contributed by atoms with van der Waals surface area (Å²) in [4.78, 5) is 4.91. The zero-order valence-corrected chi connectivity index (χ0v) is 12.8. The highest BCUT2D eigenvalue weighted by Gasteiger charge is 2.30. The van der Waals surface area contributed by atoms with Gasteiger partial charge in [0.05, 0.1) is 0 Å². The van der Waals surface area contributed by atoms with Crippen LogP contribution < -0.4 is 4.74 Å². The SMILES string of the molecule is CN1CCCC[C@@H]1CCN1CC(Oc2ccccc2F)C1. The van der Waals surface area contributed by atoms with Gasteiger partial charge in [0, 0.05) is 19.1 Å². The molecule has 1 aromatic rings. The quantitative estimate of drug-likeness (QED) is 0.830. The lowest BCUT2D eigenvalue weighted by atomic mass is 9.99. The van der Waals surface area contributed by atoms with Gasteiger partial charge in [0.25, 0.3) is 0 Å². The van der Waals surface area contributed by atoms with Gasteiger partial charge in [0.2, 0.25) is 0 Å². The van der Waals surface area contributed by atoms with Gasteiger partial charge in [-0.15, -0.1) is 0 Å². The first-order valence-electron chi connectivity index (χ1n) is 8.06. The molecule has 2 heterocycles. The summed E-state index contributed by atoms with van der Waals surface area (Å²) in [6.45, 7) is 4.21. The van der Waals surface area contributed by atoms with Crippen molar-refractivity contribution in [2.75, 3.05) is 33.2 Å². The minimum absolute atomic E-state index is 0.144. The zero-order valence-electron chi connectivity index (χ0n) is 12.8. The highest BCUT2D eigenvalue weighted by Crippen LogP contribution is 2.23. The third kappa shape index (κ3) is 3.74. The predicted molar refractivity (Wildman–Crippen MR) is 82.1 cm³/mol. The minimum atomic E-state index is -0.264. The summed E-state index contributed by atoms with van der Waals surface area (Å²) in [5.41, 5.74) is 0. The van der Waals surface area contributed by atoms with Crippen molar-refractivity contribution < 1.29 is 9.13 Å². The van der Waals surface area contributed by atoms with Crippen LogP contribution in [0.2, 0.25) is 0 Å². The van der Waals surface area contributed by atoms with E-state index in [-0.39, 0.29) is 11.9 Å². The number of ether oxygens (including phenoxy) is 1. The molecule has 21 heavy (non-hydrogen) atoms. The van der Waals surface area contributed by atoms with Crippen molar-refractivity contribution in [2.45, 2.75) is 37.8 Å². The second-order valence-corrected chi connectivity index (χ2v) is 6.35. The standard InChI is InChI=1S/C17H25FN2O/c1-19-10-5-4-6-14(19)9-11-20-12-15(13-20)21-17-8-3-2-7-16(17)18/h2-3,7-8,14-15H,4-6,9-13H2,1H3/t14-/m1/s1. The van der Waals surface area contributed by atoms with E-state index in [1.54, 1.807) is 12.1 Å². The van der Waals surface area contributed by atoms with E-state index in [1.165, 1.54) is 38.3 Å². The maximum absolute atomic E-state index is 13.5. The van der Waals surface area contributed by atoms with Gasteiger partial charge in [-0.05, 0) is 51.5 Å². The van der Waals surface area contributed by atoms with E-state index >= 15 is 0 Å². The number of hydrogen-bond donors (Lipinski definition) is 0. The second-order valence-electron chi connectivity index (χ2n) is 6.35. The van der Waals surface area contributed by atoms with E-state index in [9.17, 15) is 4.39 Å². The van der Waals surface area contributed by atoms with Crippen molar-refractivity contribution in [3.8, 4) is 5.75 Å². The molecule has 2 aliphatic rings. The van der Waals surface area contributed by atoms with Gasteiger partial charge in [-0.3, -0.25) is 4.90 Å². The Hall–Kier alpha value is -1.13. The fourth-order valence-corrected chi connectivity index (χ4v) is 3.34. The van der Waals surface area contributed by atoms with E-state index in [4.69, 9.17) is 4.74 Å². The van der Waals surface area contributed by atoms with Crippen LogP contribution in [0.1, 0.15) is 25.7 Å². The van der Waals surface area contributed by atoms with Gasteiger partial charge in [-0.25, -0.2) is 4.39 Å². The zero-order chi connectivity index (χ0) is 14.7. The fourth-order valence-electron chi connectivity index (χ4n) is 3.34. The number of likely N-dealkylation sites (tertiary alicyclic amines) is 2. The van der Waals surface area contributed by atoms with E-state index in [0.717, 1.165) is 25.7 Å². The highest BCUT2D eigenvalue weighted by atomic mass is 19.1. The molecule has 116 valence electrons. The largest absolute Gasteiger partial charge is 0.485 e. The average Bonchev–Trinajstić information content (AvgIpc) is 2.45. The molecule has 4 heteroatoms. The number of piperidine rings is 1. The summed E-state index contributed by atoms with van der Waals surface area (Å²) in [7, 11) is 2.24. The molecule has 2 aliphatic heterocycles. The Labute approximate surface area is 126 Å². The Morgan fingerprint density at radius 1 is 1.24 bits per heavy atom. The molecule has 0 radical (unpaired) electrons. The summed E-state index contributed by atoms with van der Waals surface area (Å²) in [5, 5.41) is 0. The first-order chi connectivity index (χ1) is 10.2. The number of halogens is 1. The van der Waals surface area contributed by atoms with Gasteiger partial charge < -0.3 is 9.64 Å². The Balaban J connectivity index is 1.37. The molecule has 0 bridgehead atoms. The van der Waals surface area contributed by atoms with Gasteiger partial charge in [0.1, 0.15) is 6.10 Å². The second kappa shape index (κ2) is 6.75. The average molecular weight is 292 g/mol. The van der Waals surface area contributed by atoms with Crippen LogP contribution in [0.3, 0.4) is 0 Å². The van der Waals surface area contributed by atoms with Crippen LogP contribution in [0.15, 0.2) is 24.3 Å². The van der Waals surface area contributed by atoms with E-state index < -0.39 is 0 Å². The Kier molecular flexibility index (Phi) is 4.76. The molecule has 2 saturated heterocycles. The molecule has 0 spiro atoms. The minimum Gasteiger partial charge on any atom is -0.485 e. The molecule has 0 aliphatic carbocycles. The molecule has 0 N–H and O–H groups in total. The van der Waals surface area contributed by atoms with Crippen LogP contribution >= 0.6 is 0 Å². The summed E-state index contributed by atoms with van der Waals surface area (Å²) in [5.74, 6) is 0.119. The number of hydrogen-bond acceptors (Lipinski definition) is 3. The topological polar surface area (TPSA) is 15.7 Å². The first-order valence-corrected chi connectivity index (χ1v) is 8.06. The lowest BCUT2D eigenvalue weighted by Crippen LogP contribution is -2.54. The third-order valence-electron chi connectivity index (χ3n) is 4.75. The molecule has 1 aromatic carbocycles. The summed E-state index contributed by atoms with van der Waals surface area (Å²) < 4.78 is 19.2. The van der Waals surface area contributed by atoms with Gasteiger partial charge >= 0.3 is 0 Å². The van der Waals surface area contributed by atoms with Crippen LogP contribution in [0, 0.1) is 5.82 Å². The number of rotatable bonds is 5. The molecular formula is C17H25FN2O. The van der Waals surface area contributed by atoms with Crippen molar-refractivity contribution in [3.05, 3.63) is 30.1 Å². The number of nitrogens with zero attached hydrogens (tertiary/aromatic N) is 2. The first kappa shape index (κ1) is 14.8. The van der Waals surface area contributed by atoms with Gasteiger partial charge in [-0.1, -0.05) is 18.6 Å². The smallest absolute Gasteiger partial charge is 0.165 e. The maximum Gasteiger partial charge on any atom is 0.165 e. The van der Waals surface area contributed by atoms with E-state index in [0.29, 0.717) is 5.75 Å². The van der Waals surface area contributed by atoms with Crippen LogP contribution in [-0.4, -0.2) is 55.2 Å². The van der Waals surface area contributed by atoms with Gasteiger partial charge in [-0.2, -0.15) is 0 Å². The summed E-state index contributed by atoms with van der Waals surface area (Å²) in [6, 6.07) is 7.40. The van der Waals surface area contributed by atoms with Crippen LogP contribution in [-0.2, 0) is 0 Å². The molecule has 0 aromatic heterocycles. The molecular weight excluding hydrogens is 267 g/mol. The van der Waals surface area contributed by atoms with E-state index in [1.807, 2.05) is 6.07 Å². The Morgan fingerprint density at radius 3 is 2.81 bits per heavy atom. The molecule has 0 unspecified atom stereocenters. The van der Waals surface area contributed by atoms with Gasteiger partial charge in [0.15, 0.2) is 11.6 Å².